The van der Waals surface area contributed by atoms with E-state index in [0.29, 0.717) is 11.4 Å². The van der Waals surface area contributed by atoms with E-state index in [1.807, 2.05) is 31.2 Å². The van der Waals surface area contributed by atoms with E-state index in [1.54, 1.807) is 29.2 Å². The summed E-state index contributed by atoms with van der Waals surface area (Å²) in [6.07, 6.45) is -4.32. The summed E-state index contributed by atoms with van der Waals surface area (Å²) in [5.41, 5.74) is 1.66. The number of rotatable bonds is 4. The molecule has 25 heavy (non-hydrogen) atoms. The second kappa shape index (κ2) is 6.96. The Bertz CT molecular complexity index is 715. The van der Waals surface area contributed by atoms with E-state index >= 15 is 0 Å². The predicted octanol–water partition coefficient (Wildman–Crippen LogP) is 4.54. The van der Waals surface area contributed by atoms with Gasteiger partial charge in [-0.3, -0.25) is 0 Å². The Hall–Kier alpha value is -2.21. The van der Waals surface area contributed by atoms with Crippen molar-refractivity contribution < 1.29 is 23.0 Å². The minimum atomic E-state index is -4.24. The number of aryl methyl sites for hydroxylation is 1. The van der Waals surface area contributed by atoms with Crippen LogP contribution >= 0.6 is 0 Å². The standard InChI is InChI=1S/C19H20F3NO2/c1-13-4-2-3-5-18(13)25-17-8-6-15(7-9-17)23-11-14(19(20,21)22)10-16(23)12-24/h2-9,14,16,24H,10-12H2,1H3/t14-,16-/m0/s1. The molecule has 0 spiro atoms. The molecule has 6 heteroatoms. The Morgan fingerprint density at radius 3 is 2.40 bits per heavy atom. The van der Waals surface area contributed by atoms with E-state index in [1.165, 1.54) is 0 Å². The van der Waals surface area contributed by atoms with Gasteiger partial charge in [-0.05, 0) is 49.2 Å². The summed E-state index contributed by atoms with van der Waals surface area (Å²) >= 11 is 0. The normalized spacial score (nSPS) is 20.8. The lowest BCUT2D eigenvalue weighted by atomic mass is 10.1. The van der Waals surface area contributed by atoms with Crippen molar-refractivity contribution in [3.05, 3.63) is 54.1 Å². The van der Waals surface area contributed by atoms with E-state index in [2.05, 4.69) is 0 Å². The summed E-state index contributed by atoms with van der Waals surface area (Å²) in [4.78, 5) is 1.62. The molecule has 2 aromatic rings. The summed E-state index contributed by atoms with van der Waals surface area (Å²) in [5, 5.41) is 9.43. The maximum Gasteiger partial charge on any atom is 0.393 e. The maximum atomic E-state index is 13.0. The number of halogens is 3. The molecule has 2 aromatic carbocycles. The molecule has 134 valence electrons. The highest BCUT2D eigenvalue weighted by Crippen LogP contribution is 2.39. The zero-order chi connectivity index (χ0) is 18.0. The van der Waals surface area contributed by atoms with Gasteiger partial charge < -0.3 is 14.7 Å². The van der Waals surface area contributed by atoms with Gasteiger partial charge in [-0.2, -0.15) is 13.2 Å². The van der Waals surface area contributed by atoms with Gasteiger partial charge in [0.15, 0.2) is 0 Å². The molecule has 1 fully saturated rings. The molecule has 0 saturated carbocycles. The van der Waals surface area contributed by atoms with Crippen LogP contribution in [-0.4, -0.2) is 30.5 Å². The number of anilines is 1. The van der Waals surface area contributed by atoms with Gasteiger partial charge >= 0.3 is 6.18 Å². The maximum absolute atomic E-state index is 13.0. The van der Waals surface area contributed by atoms with Crippen LogP contribution in [0.3, 0.4) is 0 Å². The summed E-state index contributed by atoms with van der Waals surface area (Å²) in [6.45, 7) is 1.51. The number of aliphatic hydroxyl groups is 1. The third kappa shape index (κ3) is 3.90. The van der Waals surface area contributed by atoms with Gasteiger partial charge in [0.1, 0.15) is 11.5 Å². The van der Waals surface area contributed by atoms with Gasteiger partial charge in [0, 0.05) is 12.2 Å². The largest absolute Gasteiger partial charge is 0.457 e. The van der Waals surface area contributed by atoms with Crippen LogP contribution in [0.2, 0.25) is 0 Å². The van der Waals surface area contributed by atoms with Crippen LogP contribution < -0.4 is 9.64 Å². The number of benzene rings is 2. The van der Waals surface area contributed by atoms with Crippen LogP contribution in [0.25, 0.3) is 0 Å². The molecule has 0 aromatic heterocycles. The molecule has 0 amide bonds. The van der Waals surface area contributed by atoms with Crippen molar-refractivity contribution >= 4 is 5.69 Å². The molecule has 1 N–H and O–H groups in total. The molecule has 0 radical (unpaired) electrons. The van der Waals surface area contributed by atoms with Crippen molar-refractivity contribution in [3.8, 4) is 11.5 Å². The highest BCUT2D eigenvalue weighted by molar-refractivity contribution is 5.52. The molecule has 1 aliphatic heterocycles. The van der Waals surface area contributed by atoms with E-state index in [0.717, 1.165) is 11.3 Å². The first kappa shape index (κ1) is 17.6. The molecule has 0 unspecified atom stereocenters. The van der Waals surface area contributed by atoms with Gasteiger partial charge in [0.25, 0.3) is 0 Å². The number of para-hydroxylation sites is 1. The number of hydrogen-bond donors (Lipinski definition) is 1. The van der Waals surface area contributed by atoms with Crippen molar-refractivity contribution in [2.45, 2.75) is 25.6 Å². The van der Waals surface area contributed by atoms with Crippen LogP contribution in [0, 0.1) is 12.8 Å². The zero-order valence-electron chi connectivity index (χ0n) is 13.8. The SMILES string of the molecule is Cc1ccccc1Oc1ccc(N2C[C@@H](C(F)(F)F)C[C@H]2CO)cc1. The average Bonchev–Trinajstić information content (AvgIpc) is 3.02. The van der Waals surface area contributed by atoms with Crippen LogP contribution in [0.15, 0.2) is 48.5 Å². The number of nitrogens with zero attached hydrogens (tertiary/aromatic N) is 1. The first-order valence-electron chi connectivity index (χ1n) is 8.16. The van der Waals surface area contributed by atoms with E-state index in [-0.39, 0.29) is 19.6 Å². The van der Waals surface area contributed by atoms with Gasteiger partial charge in [-0.25, -0.2) is 0 Å². The Morgan fingerprint density at radius 1 is 1.12 bits per heavy atom. The van der Waals surface area contributed by atoms with Crippen molar-refractivity contribution in [2.24, 2.45) is 5.92 Å². The molecule has 0 bridgehead atoms. The van der Waals surface area contributed by atoms with Crippen LogP contribution in [-0.2, 0) is 0 Å². The Balaban J connectivity index is 1.74. The number of alkyl halides is 3. The third-order valence-corrected chi connectivity index (χ3v) is 4.58. The lowest BCUT2D eigenvalue weighted by Crippen LogP contribution is -2.32. The summed E-state index contributed by atoms with van der Waals surface area (Å²) < 4.78 is 44.7. The van der Waals surface area contributed by atoms with Crippen LogP contribution in [0.5, 0.6) is 11.5 Å². The second-order valence-electron chi connectivity index (χ2n) is 6.32. The van der Waals surface area contributed by atoms with Gasteiger partial charge in [-0.1, -0.05) is 18.2 Å². The molecule has 1 heterocycles. The zero-order valence-corrected chi connectivity index (χ0v) is 13.8. The lowest BCUT2D eigenvalue weighted by molar-refractivity contribution is -0.168. The molecule has 3 nitrogen and oxygen atoms in total. The molecular formula is C19H20F3NO2. The van der Waals surface area contributed by atoms with E-state index < -0.39 is 18.1 Å². The molecular weight excluding hydrogens is 331 g/mol. The topological polar surface area (TPSA) is 32.7 Å². The highest BCUT2D eigenvalue weighted by Gasteiger charge is 2.47. The highest BCUT2D eigenvalue weighted by atomic mass is 19.4. The summed E-state index contributed by atoms with van der Waals surface area (Å²) in [5.74, 6) is -0.0560. The Morgan fingerprint density at radius 2 is 1.80 bits per heavy atom. The fraction of sp³-hybridized carbons (Fsp3) is 0.368. The quantitative estimate of drug-likeness (QED) is 0.878. The van der Waals surface area contributed by atoms with Gasteiger partial charge in [0.05, 0.1) is 18.6 Å². The Kier molecular flexibility index (Phi) is 4.90. The Labute approximate surface area is 144 Å². The third-order valence-electron chi connectivity index (χ3n) is 4.58. The van der Waals surface area contributed by atoms with Crippen LogP contribution in [0.4, 0.5) is 18.9 Å². The van der Waals surface area contributed by atoms with Crippen molar-refractivity contribution in [1.82, 2.24) is 0 Å². The number of ether oxygens (including phenoxy) is 1. The molecule has 0 aliphatic carbocycles. The molecule has 3 rings (SSSR count). The summed E-state index contributed by atoms with van der Waals surface area (Å²) in [7, 11) is 0. The predicted molar refractivity (Wildman–Crippen MR) is 90.1 cm³/mol. The van der Waals surface area contributed by atoms with Gasteiger partial charge in [0.2, 0.25) is 0 Å². The second-order valence-corrected chi connectivity index (χ2v) is 6.32. The van der Waals surface area contributed by atoms with E-state index in [4.69, 9.17) is 4.74 Å². The lowest BCUT2D eigenvalue weighted by Gasteiger charge is -2.25. The minimum absolute atomic E-state index is 0.0819. The fourth-order valence-electron chi connectivity index (χ4n) is 3.15. The smallest absolute Gasteiger partial charge is 0.393 e. The molecule has 1 aliphatic rings. The van der Waals surface area contributed by atoms with Crippen molar-refractivity contribution in [3.63, 3.8) is 0 Å². The summed E-state index contributed by atoms with van der Waals surface area (Å²) in [6, 6.07) is 14.0. The van der Waals surface area contributed by atoms with Crippen molar-refractivity contribution in [1.29, 1.82) is 0 Å². The number of hydrogen-bond acceptors (Lipinski definition) is 3. The molecule has 1 saturated heterocycles. The van der Waals surface area contributed by atoms with Crippen LogP contribution in [0.1, 0.15) is 12.0 Å². The monoisotopic (exact) mass is 351 g/mol. The fourth-order valence-corrected chi connectivity index (χ4v) is 3.15. The molecule has 2 atom stereocenters. The van der Waals surface area contributed by atoms with Crippen molar-refractivity contribution in [2.75, 3.05) is 18.1 Å². The minimum Gasteiger partial charge on any atom is -0.457 e. The first-order valence-corrected chi connectivity index (χ1v) is 8.16. The van der Waals surface area contributed by atoms with E-state index in [9.17, 15) is 18.3 Å². The number of aliphatic hydroxyl groups excluding tert-OH is 1. The van der Waals surface area contributed by atoms with Gasteiger partial charge in [-0.15, -0.1) is 0 Å². The first-order chi connectivity index (χ1) is 11.9. The average molecular weight is 351 g/mol.